The maximum atomic E-state index is 13.3. The van der Waals surface area contributed by atoms with Crippen LogP contribution >= 0.6 is 0 Å². The molecular weight excluding hydrogens is 307 g/mol. The van der Waals surface area contributed by atoms with Crippen molar-refractivity contribution in [2.45, 2.75) is 40.3 Å². The molecule has 1 aromatic heterocycles. The summed E-state index contributed by atoms with van der Waals surface area (Å²) in [6, 6.07) is 6.32. The molecule has 1 aliphatic rings. The third-order valence-corrected chi connectivity index (χ3v) is 4.51. The van der Waals surface area contributed by atoms with E-state index < -0.39 is 0 Å². The summed E-state index contributed by atoms with van der Waals surface area (Å²) in [5, 5.41) is 0. The summed E-state index contributed by atoms with van der Waals surface area (Å²) in [6.07, 6.45) is 2.17. The van der Waals surface area contributed by atoms with Crippen LogP contribution in [0.25, 0.3) is 0 Å². The van der Waals surface area contributed by atoms with Crippen molar-refractivity contribution in [2.24, 2.45) is 0 Å². The Hall–Kier alpha value is -2.21. The Morgan fingerprint density at radius 2 is 1.88 bits per heavy atom. The van der Waals surface area contributed by atoms with Crippen LogP contribution in [0.4, 0.5) is 16.0 Å². The topological polar surface area (TPSA) is 41.4 Å². The molecule has 0 bridgehead atoms. The standard InChI is InChI=1S/C18H23FN4O/c1-4-5-10-21-11-22(16-8-6-15(19)7-9-16)18-20-14(3)13(2)17(24)23(18)12-21/h6-9H,4-5,10-12H2,1-3H3. The lowest BCUT2D eigenvalue weighted by Gasteiger charge is -2.38. The molecular formula is C18H23FN4O. The average molecular weight is 330 g/mol. The van der Waals surface area contributed by atoms with Gasteiger partial charge < -0.3 is 0 Å². The fourth-order valence-corrected chi connectivity index (χ4v) is 2.93. The summed E-state index contributed by atoms with van der Waals surface area (Å²) in [7, 11) is 0. The predicted octanol–water partition coefficient (Wildman–Crippen LogP) is 3.17. The number of aromatic nitrogens is 2. The van der Waals surface area contributed by atoms with E-state index in [9.17, 15) is 9.18 Å². The molecule has 0 saturated carbocycles. The molecule has 3 rings (SSSR count). The van der Waals surface area contributed by atoms with Crippen LogP contribution in [0.1, 0.15) is 31.0 Å². The first-order valence-electron chi connectivity index (χ1n) is 8.34. The molecule has 0 aliphatic carbocycles. The Kier molecular flexibility index (Phi) is 4.66. The summed E-state index contributed by atoms with van der Waals surface area (Å²) < 4.78 is 15.0. The summed E-state index contributed by atoms with van der Waals surface area (Å²) in [5.41, 5.74) is 2.24. The SMILES string of the molecule is CCCCN1CN(c2ccc(F)cc2)c2nc(C)c(C)c(=O)n2C1. The van der Waals surface area contributed by atoms with E-state index in [1.54, 1.807) is 16.7 Å². The van der Waals surface area contributed by atoms with Crippen LogP contribution in [0.15, 0.2) is 29.1 Å². The molecule has 2 heterocycles. The third-order valence-electron chi connectivity index (χ3n) is 4.51. The van der Waals surface area contributed by atoms with Gasteiger partial charge in [-0.05, 0) is 44.5 Å². The summed E-state index contributed by atoms with van der Waals surface area (Å²) in [4.78, 5) is 21.5. The van der Waals surface area contributed by atoms with Gasteiger partial charge in [-0.3, -0.25) is 19.2 Å². The number of benzene rings is 1. The van der Waals surface area contributed by atoms with Gasteiger partial charge in [0.1, 0.15) is 5.82 Å². The highest BCUT2D eigenvalue weighted by molar-refractivity contribution is 5.58. The van der Waals surface area contributed by atoms with E-state index in [4.69, 9.17) is 0 Å². The lowest BCUT2D eigenvalue weighted by Crippen LogP contribution is -2.48. The largest absolute Gasteiger partial charge is 0.298 e. The lowest BCUT2D eigenvalue weighted by molar-refractivity contribution is 0.195. The Bertz CT molecular complexity index is 785. The van der Waals surface area contributed by atoms with Crippen molar-refractivity contribution in [3.05, 3.63) is 51.7 Å². The first kappa shape index (κ1) is 16.6. The molecule has 2 aromatic rings. The van der Waals surface area contributed by atoms with Crippen molar-refractivity contribution in [2.75, 3.05) is 18.1 Å². The molecule has 0 atom stereocenters. The minimum absolute atomic E-state index is 0.00851. The normalized spacial score (nSPS) is 14.8. The van der Waals surface area contributed by atoms with Crippen molar-refractivity contribution in [1.82, 2.24) is 14.5 Å². The number of nitrogens with zero attached hydrogens (tertiary/aromatic N) is 4. The predicted molar refractivity (Wildman–Crippen MR) is 93.0 cm³/mol. The number of hydrogen-bond acceptors (Lipinski definition) is 4. The van der Waals surface area contributed by atoms with Gasteiger partial charge in [0.25, 0.3) is 5.56 Å². The maximum Gasteiger partial charge on any atom is 0.259 e. The van der Waals surface area contributed by atoms with Crippen molar-refractivity contribution in [3.63, 3.8) is 0 Å². The highest BCUT2D eigenvalue weighted by Gasteiger charge is 2.26. The molecule has 1 aromatic carbocycles. The summed E-state index contributed by atoms with van der Waals surface area (Å²) in [5.74, 6) is 0.353. The van der Waals surface area contributed by atoms with E-state index in [0.29, 0.717) is 24.8 Å². The van der Waals surface area contributed by atoms with Gasteiger partial charge in [0, 0.05) is 23.5 Å². The van der Waals surface area contributed by atoms with E-state index in [-0.39, 0.29) is 11.4 Å². The molecule has 0 radical (unpaired) electrons. The molecule has 0 saturated heterocycles. The first-order valence-corrected chi connectivity index (χ1v) is 8.34. The highest BCUT2D eigenvalue weighted by Crippen LogP contribution is 2.27. The van der Waals surface area contributed by atoms with E-state index >= 15 is 0 Å². The third kappa shape index (κ3) is 3.06. The monoisotopic (exact) mass is 330 g/mol. The second kappa shape index (κ2) is 6.73. The Balaban J connectivity index is 2.08. The van der Waals surface area contributed by atoms with Crippen LogP contribution in [0.5, 0.6) is 0 Å². The van der Waals surface area contributed by atoms with Crippen LogP contribution in [0, 0.1) is 19.7 Å². The zero-order chi connectivity index (χ0) is 17.3. The van der Waals surface area contributed by atoms with Crippen molar-refractivity contribution in [1.29, 1.82) is 0 Å². The van der Waals surface area contributed by atoms with Gasteiger partial charge in [-0.2, -0.15) is 0 Å². The van der Waals surface area contributed by atoms with Crippen LogP contribution in [0.2, 0.25) is 0 Å². The minimum Gasteiger partial charge on any atom is -0.298 e. The fourth-order valence-electron chi connectivity index (χ4n) is 2.93. The summed E-state index contributed by atoms with van der Waals surface area (Å²) in [6.45, 7) is 7.90. The van der Waals surface area contributed by atoms with Gasteiger partial charge in [0.05, 0.1) is 13.3 Å². The highest BCUT2D eigenvalue weighted by atomic mass is 19.1. The summed E-state index contributed by atoms with van der Waals surface area (Å²) >= 11 is 0. The Morgan fingerprint density at radius 3 is 2.54 bits per heavy atom. The van der Waals surface area contributed by atoms with E-state index in [1.165, 1.54) is 12.1 Å². The Morgan fingerprint density at radius 1 is 1.17 bits per heavy atom. The molecule has 24 heavy (non-hydrogen) atoms. The number of fused-ring (bicyclic) bond motifs is 1. The molecule has 0 N–H and O–H groups in total. The quantitative estimate of drug-likeness (QED) is 0.863. The van der Waals surface area contributed by atoms with Gasteiger partial charge in [0.15, 0.2) is 0 Å². The number of halogens is 1. The van der Waals surface area contributed by atoms with Crippen LogP contribution < -0.4 is 10.5 Å². The first-order chi connectivity index (χ1) is 11.5. The second-order valence-electron chi connectivity index (χ2n) is 6.29. The smallest absolute Gasteiger partial charge is 0.259 e. The lowest BCUT2D eigenvalue weighted by atomic mass is 10.2. The van der Waals surface area contributed by atoms with Gasteiger partial charge >= 0.3 is 0 Å². The molecule has 5 nitrogen and oxygen atoms in total. The van der Waals surface area contributed by atoms with Gasteiger partial charge in [0.2, 0.25) is 5.95 Å². The van der Waals surface area contributed by atoms with Crippen molar-refractivity contribution >= 4 is 11.6 Å². The number of aryl methyl sites for hydroxylation is 1. The minimum atomic E-state index is -0.274. The van der Waals surface area contributed by atoms with E-state index in [0.717, 1.165) is 30.8 Å². The fraction of sp³-hybridized carbons (Fsp3) is 0.444. The average Bonchev–Trinajstić information content (AvgIpc) is 2.58. The van der Waals surface area contributed by atoms with Crippen molar-refractivity contribution in [3.8, 4) is 0 Å². The number of unbranched alkanes of at least 4 members (excludes halogenated alkanes) is 1. The second-order valence-corrected chi connectivity index (χ2v) is 6.29. The van der Waals surface area contributed by atoms with Gasteiger partial charge in [-0.25, -0.2) is 9.37 Å². The molecule has 1 aliphatic heterocycles. The Labute approximate surface area is 141 Å². The van der Waals surface area contributed by atoms with Crippen LogP contribution in [-0.4, -0.2) is 27.7 Å². The van der Waals surface area contributed by atoms with E-state index in [1.807, 2.05) is 18.7 Å². The molecule has 6 heteroatoms. The molecule has 0 spiro atoms. The van der Waals surface area contributed by atoms with Crippen LogP contribution in [-0.2, 0) is 6.67 Å². The molecule has 128 valence electrons. The molecule has 0 unspecified atom stereocenters. The van der Waals surface area contributed by atoms with Gasteiger partial charge in [-0.15, -0.1) is 0 Å². The zero-order valence-corrected chi connectivity index (χ0v) is 14.4. The maximum absolute atomic E-state index is 13.3. The number of rotatable bonds is 4. The number of hydrogen-bond donors (Lipinski definition) is 0. The number of anilines is 2. The molecule has 0 amide bonds. The van der Waals surface area contributed by atoms with Crippen LogP contribution in [0.3, 0.4) is 0 Å². The van der Waals surface area contributed by atoms with Crippen molar-refractivity contribution < 1.29 is 4.39 Å². The van der Waals surface area contributed by atoms with E-state index in [2.05, 4.69) is 16.8 Å². The van der Waals surface area contributed by atoms with Gasteiger partial charge in [-0.1, -0.05) is 13.3 Å². The zero-order valence-electron chi connectivity index (χ0n) is 14.4. The molecule has 0 fully saturated rings.